The summed E-state index contributed by atoms with van der Waals surface area (Å²) in [5.74, 6) is 1.51. The molecule has 0 radical (unpaired) electrons. The second-order valence-corrected chi connectivity index (χ2v) is 8.12. The lowest BCUT2D eigenvalue weighted by atomic mass is 9.90. The van der Waals surface area contributed by atoms with Crippen LogP contribution in [0.2, 0.25) is 0 Å². The van der Waals surface area contributed by atoms with Crippen molar-refractivity contribution in [2.75, 3.05) is 19.6 Å². The van der Waals surface area contributed by atoms with Gasteiger partial charge in [-0.2, -0.15) is 0 Å². The van der Waals surface area contributed by atoms with E-state index in [9.17, 15) is 4.79 Å². The minimum Gasteiger partial charge on any atom is -0.341 e. The maximum Gasteiger partial charge on any atom is 0.235 e. The number of nitrogens with zero attached hydrogens (tertiary/aromatic N) is 1. The van der Waals surface area contributed by atoms with E-state index in [1.54, 1.807) is 11.8 Å². The van der Waals surface area contributed by atoms with Crippen molar-refractivity contribution in [3.05, 3.63) is 35.9 Å². The van der Waals surface area contributed by atoms with Crippen molar-refractivity contribution in [3.63, 3.8) is 0 Å². The molecule has 1 aliphatic heterocycles. The SMILES string of the molecule is CC(C)C(SCc1ccccc1)C(=O)N1CCC(C)(CN)C1.Cl. The molecule has 1 amide bonds. The van der Waals surface area contributed by atoms with E-state index in [4.69, 9.17) is 5.73 Å². The Hall–Kier alpha value is -0.710. The average Bonchev–Trinajstić information content (AvgIpc) is 2.91. The zero-order valence-electron chi connectivity index (χ0n) is 14.3. The standard InChI is InChI=1S/C18H28N2OS.ClH/c1-14(2)16(22-11-15-7-5-4-6-8-15)17(21)20-10-9-18(3,12-19)13-20;/h4-8,14,16H,9-13,19H2,1-3H3;1H. The zero-order valence-corrected chi connectivity index (χ0v) is 16.0. The molecule has 1 aliphatic rings. The normalized spacial score (nSPS) is 22.0. The number of rotatable bonds is 6. The van der Waals surface area contributed by atoms with Crippen LogP contribution in [0.4, 0.5) is 0 Å². The third kappa shape index (κ3) is 5.40. The van der Waals surface area contributed by atoms with E-state index in [1.807, 2.05) is 11.0 Å². The molecule has 1 aromatic carbocycles. The fraction of sp³-hybridized carbons (Fsp3) is 0.611. The van der Waals surface area contributed by atoms with Crippen LogP contribution in [-0.2, 0) is 10.5 Å². The van der Waals surface area contributed by atoms with Crippen LogP contribution in [0.1, 0.15) is 32.8 Å². The maximum absolute atomic E-state index is 12.9. The van der Waals surface area contributed by atoms with E-state index in [0.717, 1.165) is 25.3 Å². The van der Waals surface area contributed by atoms with Crippen LogP contribution in [0.25, 0.3) is 0 Å². The molecule has 130 valence electrons. The van der Waals surface area contributed by atoms with Crippen LogP contribution in [0.5, 0.6) is 0 Å². The van der Waals surface area contributed by atoms with Gasteiger partial charge in [-0.25, -0.2) is 0 Å². The molecule has 0 spiro atoms. The summed E-state index contributed by atoms with van der Waals surface area (Å²) in [6.07, 6.45) is 1.02. The Kier molecular flexibility index (Phi) is 7.91. The van der Waals surface area contributed by atoms with Crippen LogP contribution < -0.4 is 5.73 Å². The first kappa shape index (κ1) is 20.3. The molecule has 23 heavy (non-hydrogen) atoms. The molecule has 2 unspecified atom stereocenters. The Bertz CT molecular complexity index is 497. The first-order valence-electron chi connectivity index (χ1n) is 8.09. The van der Waals surface area contributed by atoms with Crippen molar-refractivity contribution in [1.29, 1.82) is 0 Å². The number of amides is 1. The molecule has 5 heteroatoms. The number of carbonyl (C=O) groups is 1. The van der Waals surface area contributed by atoms with Crippen LogP contribution in [0.3, 0.4) is 0 Å². The van der Waals surface area contributed by atoms with Gasteiger partial charge in [0.2, 0.25) is 5.91 Å². The molecule has 0 aliphatic carbocycles. The third-order valence-electron chi connectivity index (χ3n) is 4.48. The summed E-state index contributed by atoms with van der Waals surface area (Å²) in [5.41, 5.74) is 7.23. The first-order valence-corrected chi connectivity index (χ1v) is 9.14. The summed E-state index contributed by atoms with van der Waals surface area (Å²) in [5, 5.41) is 0.0281. The van der Waals surface area contributed by atoms with Crippen LogP contribution in [0, 0.1) is 11.3 Å². The number of halogens is 1. The number of benzene rings is 1. The van der Waals surface area contributed by atoms with Crippen LogP contribution in [0.15, 0.2) is 30.3 Å². The van der Waals surface area contributed by atoms with Gasteiger partial charge in [0.25, 0.3) is 0 Å². The number of thioether (sulfide) groups is 1. The molecule has 1 fully saturated rings. The minimum atomic E-state index is 0. The van der Waals surface area contributed by atoms with Gasteiger partial charge < -0.3 is 10.6 Å². The molecule has 2 N–H and O–H groups in total. The van der Waals surface area contributed by atoms with Gasteiger partial charge in [-0.05, 0) is 29.9 Å². The second-order valence-electron chi connectivity index (χ2n) is 6.99. The monoisotopic (exact) mass is 356 g/mol. The number of nitrogens with two attached hydrogens (primary N) is 1. The van der Waals surface area contributed by atoms with Gasteiger partial charge in [-0.3, -0.25) is 4.79 Å². The topological polar surface area (TPSA) is 46.3 Å². The molecule has 2 atom stereocenters. The average molecular weight is 357 g/mol. The first-order chi connectivity index (χ1) is 10.4. The number of hydrogen-bond donors (Lipinski definition) is 1. The zero-order chi connectivity index (χ0) is 16.2. The molecule has 1 saturated heterocycles. The highest BCUT2D eigenvalue weighted by Gasteiger charge is 2.37. The van der Waals surface area contributed by atoms with Crippen molar-refractivity contribution in [1.82, 2.24) is 4.90 Å². The van der Waals surface area contributed by atoms with E-state index in [0.29, 0.717) is 12.5 Å². The van der Waals surface area contributed by atoms with Crippen molar-refractivity contribution in [2.24, 2.45) is 17.1 Å². The Morgan fingerprint density at radius 3 is 2.52 bits per heavy atom. The minimum absolute atomic E-state index is 0. The molecule has 2 rings (SSSR count). The van der Waals surface area contributed by atoms with Gasteiger partial charge in [0.05, 0.1) is 5.25 Å². The molecule has 0 bridgehead atoms. The fourth-order valence-electron chi connectivity index (χ4n) is 2.87. The number of hydrogen-bond acceptors (Lipinski definition) is 3. The van der Waals surface area contributed by atoms with Crippen LogP contribution >= 0.6 is 24.2 Å². The molecular formula is C18H29ClN2OS. The van der Waals surface area contributed by atoms with Gasteiger partial charge in [0, 0.05) is 18.8 Å². The Labute approximate surface area is 150 Å². The van der Waals surface area contributed by atoms with Crippen molar-refractivity contribution in [3.8, 4) is 0 Å². The summed E-state index contributed by atoms with van der Waals surface area (Å²) in [4.78, 5) is 14.9. The summed E-state index contributed by atoms with van der Waals surface area (Å²) >= 11 is 1.76. The highest BCUT2D eigenvalue weighted by atomic mass is 35.5. The fourth-order valence-corrected chi connectivity index (χ4v) is 4.11. The Morgan fingerprint density at radius 2 is 2.00 bits per heavy atom. The predicted octanol–water partition coefficient (Wildman–Crippen LogP) is 3.56. The predicted molar refractivity (Wildman–Crippen MR) is 102 cm³/mol. The summed E-state index contributed by atoms with van der Waals surface area (Å²) < 4.78 is 0. The smallest absolute Gasteiger partial charge is 0.235 e. The van der Waals surface area contributed by atoms with Gasteiger partial charge in [-0.15, -0.1) is 24.2 Å². The highest BCUT2D eigenvalue weighted by molar-refractivity contribution is 7.99. The van der Waals surface area contributed by atoms with E-state index < -0.39 is 0 Å². The lowest BCUT2D eigenvalue weighted by molar-refractivity contribution is -0.130. The Balaban J connectivity index is 0.00000264. The highest BCUT2D eigenvalue weighted by Crippen LogP contribution is 2.32. The van der Waals surface area contributed by atoms with Gasteiger partial charge in [-0.1, -0.05) is 51.1 Å². The van der Waals surface area contributed by atoms with E-state index in [-0.39, 0.29) is 29.0 Å². The number of carbonyl (C=O) groups excluding carboxylic acids is 1. The Morgan fingerprint density at radius 1 is 1.35 bits per heavy atom. The van der Waals surface area contributed by atoms with Crippen molar-refractivity contribution < 1.29 is 4.79 Å². The molecule has 0 saturated carbocycles. The maximum atomic E-state index is 12.9. The third-order valence-corrected chi connectivity index (χ3v) is 6.09. The van der Waals surface area contributed by atoms with E-state index >= 15 is 0 Å². The summed E-state index contributed by atoms with van der Waals surface area (Å²) in [7, 11) is 0. The van der Waals surface area contributed by atoms with Gasteiger partial charge >= 0.3 is 0 Å². The van der Waals surface area contributed by atoms with Gasteiger partial charge in [0.15, 0.2) is 0 Å². The summed E-state index contributed by atoms with van der Waals surface area (Å²) in [6, 6.07) is 10.4. The molecule has 0 aromatic heterocycles. The molecule has 1 aromatic rings. The molecular weight excluding hydrogens is 328 g/mol. The van der Waals surface area contributed by atoms with E-state index in [2.05, 4.69) is 45.0 Å². The molecule has 3 nitrogen and oxygen atoms in total. The molecule has 1 heterocycles. The lowest BCUT2D eigenvalue weighted by Crippen LogP contribution is -2.40. The quantitative estimate of drug-likeness (QED) is 0.847. The largest absolute Gasteiger partial charge is 0.341 e. The van der Waals surface area contributed by atoms with Crippen molar-refractivity contribution >= 4 is 30.1 Å². The lowest BCUT2D eigenvalue weighted by Gasteiger charge is -2.27. The summed E-state index contributed by atoms with van der Waals surface area (Å²) in [6.45, 7) is 8.76. The number of likely N-dealkylation sites (tertiary alicyclic amines) is 1. The van der Waals surface area contributed by atoms with Gasteiger partial charge in [0.1, 0.15) is 0 Å². The second kappa shape index (κ2) is 8.95. The van der Waals surface area contributed by atoms with E-state index in [1.165, 1.54) is 5.56 Å². The van der Waals surface area contributed by atoms with Crippen molar-refractivity contribution in [2.45, 2.75) is 38.2 Å². The van der Waals surface area contributed by atoms with Crippen LogP contribution in [-0.4, -0.2) is 35.7 Å².